The summed E-state index contributed by atoms with van der Waals surface area (Å²) >= 11 is 0. The molecule has 0 saturated heterocycles. The Morgan fingerprint density at radius 1 is 1.12 bits per heavy atom. The minimum atomic E-state index is 0.548. The van der Waals surface area contributed by atoms with Gasteiger partial charge in [0.25, 0.3) is 0 Å². The fraction of sp³-hybridized carbons (Fsp3) is 0.167. The van der Waals surface area contributed by atoms with E-state index in [2.05, 4.69) is 15.4 Å². The Kier molecular flexibility index (Phi) is 3.99. The van der Waals surface area contributed by atoms with Gasteiger partial charge in [-0.25, -0.2) is 9.97 Å². The van der Waals surface area contributed by atoms with E-state index in [4.69, 9.17) is 4.84 Å². The molecule has 16 heavy (non-hydrogen) atoms. The Morgan fingerprint density at radius 2 is 2.00 bits per heavy atom. The SMILES string of the molecule is c1ccc(CONCc2ccncn2)cc1. The molecular formula is C12H13N3O. The molecule has 4 heteroatoms. The van der Waals surface area contributed by atoms with Gasteiger partial charge >= 0.3 is 0 Å². The van der Waals surface area contributed by atoms with E-state index in [1.807, 2.05) is 36.4 Å². The van der Waals surface area contributed by atoms with Crippen LogP contribution in [0.5, 0.6) is 0 Å². The van der Waals surface area contributed by atoms with Gasteiger partial charge in [0, 0.05) is 6.20 Å². The van der Waals surface area contributed by atoms with Gasteiger partial charge in [0.05, 0.1) is 18.8 Å². The van der Waals surface area contributed by atoms with Crippen molar-refractivity contribution in [1.82, 2.24) is 15.4 Å². The highest BCUT2D eigenvalue weighted by molar-refractivity contribution is 5.13. The number of hydrogen-bond acceptors (Lipinski definition) is 4. The molecule has 0 saturated carbocycles. The van der Waals surface area contributed by atoms with Crippen LogP contribution in [0.2, 0.25) is 0 Å². The van der Waals surface area contributed by atoms with Gasteiger partial charge in [0.15, 0.2) is 0 Å². The molecule has 0 radical (unpaired) electrons. The summed E-state index contributed by atoms with van der Waals surface area (Å²) in [5.74, 6) is 0. The third-order valence-corrected chi connectivity index (χ3v) is 2.08. The van der Waals surface area contributed by atoms with E-state index >= 15 is 0 Å². The maximum absolute atomic E-state index is 5.31. The highest BCUT2D eigenvalue weighted by Gasteiger charge is 1.93. The smallest absolute Gasteiger partial charge is 0.115 e. The van der Waals surface area contributed by atoms with Crippen LogP contribution in [0.4, 0.5) is 0 Å². The van der Waals surface area contributed by atoms with Crippen molar-refractivity contribution in [2.75, 3.05) is 0 Å². The summed E-state index contributed by atoms with van der Waals surface area (Å²) in [6.45, 7) is 1.13. The molecule has 0 unspecified atom stereocenters. The molecule has 0 aliphatic carbocycles. The molecule has 82 valence electrons. The molecule has 0 spiro atoms. The molecule has 2 rings (SSSR count). The summed E-state index contributed by atoms with van der Waals surface area (Å²) in [5.41, 5.74) is 4.90. The molecule has 0 atom stereocenters. The fourth-order valence-electron chi connectivity index (χ4n) is 1.26. The average molecular weight is 215 g/mol. The largest absolute Gasteiger partial charge is 0.297 e. The van der Waals surface area contributed by atoms with Crippen LogP contribution in [0.15, 0.2) is 48.9 Å². The van der Waals surface area contributed by atoms with Crippen molar-refractivity contribution in [3.8, 4) is 0 Å². The molecule has 4 nitrogen and oxygen atoms in total. The zero-order valence-corrected chi connectivity index (χ0v) is 8.84. The van der Waals surface area contributed by atoms with Crippen molar-refractivity contribution in [2.45, 2.75) is 13.2 Å². The molecular weight excluding hydrogens is 202 g/mol. The predicted molar refractivity (Wildman–Crippen MR) is 60.1 cm³/mol. The van der Waals surface area contributed by atoms with Crippen molar-refractivity contribution in [3.63, 3.8) is 0 Å². The monoisotopic (exact) mass is 215 g/mol. The zero-order chi connectivity index (χ0) is 11.1. The van der Waals surface area contributed by atoms with Gasteiger partial charge in [-0.2, -0.15) is 5.48 Å². The highest BCUT2D eigenvalue weighted by Crippen LogP contribution is 1.99. The third kappa shape index (κ3) is 3.42. The molecule has 1 N–H and O–H groups in total. The van der Waals surface area contributed by atoms with Gasteiger partial charge in [-0.1, -0.05) is 30.3 Å². The van der Waals surface area contributed by atoms with Crippen LogP contribution in [0.1, 0.15) is 11.3 Å². The first-order chi connectivity index (χ1) is 7.95. The number of rotatable bonds is 5. The van der Waals surface area contributed by atoms with Crippen molar-refractivity contribution >= 4 is 0 Å². The molecule has 0 fully saturated rings. The summed E-state index contributed by atoms with van der Waals surface area (Å²) in [6.07, 6.45) is 3.23. The highest BCUT2D eigenvalue weighted by atomic mass is 16.6. The molecule has 0 bridgehead atoms. The Bertz CT molecular complexity index is 364. The first-order valence-corrected chi connectivity index (χ1v) is 5.08. The third-order valence-electron chi connectivity index (χ3n) is 2.08. The lowest BCUT2D eigenvalue weighted by Crippen LogP contribution is -2.14. The Hall–Kier alpha value is -1.78. The Morgan fingerprint density at radius 3 is 2.75 bits per heavy atom. The lowest BCUT2D eigenvalue weighted by Gasteiger charge is -2.04. The van der Waals surface area contributed by atoms with E-state index in [1.165, 1.54) is 6.33 Å². The van der Waals surface area contributed by atoms with E-state index in [9.17, 15) is 0 Å². The van der Waals surface area contributed by atoms with Crippen LogP contribution in [-0.2, 0) is 18.0 Å². The summed E-state index contributed by atoms with van der Waals surface area (Å²) in [7, 11) is 0. The lowest BCUT2D eigenvalue weighted by atomic mass is 10.2. The van der Waals surface area contributed by atoms with Crippen LogP contribution in [0, 0.1) is 0 Å². The van der Waals surface area contributed by atoms with Gasteiger partial charge in [0.1, 0.15) is 6.33 Å². The number of nitrogens with zero attached hydrogens (tertiary/aromatic N) is 2. The number of nitrogens with one attached hydrogen (secondary N) is 1. The van der Waals surface area contributed by atoms with E-state index < -0.39 is 0 Å². The maximum atomic E-state index is 5.31. The summed E-state index contributed by atoms with van der Waals surface area (Å²) < 4.78 is 0. The second-order valence-corrected chi connectivity index (χ2v) is 3.30. The quantitative estimate of drug-likeness (QED) is 0.609. The standard InChI is InChI=1S/C12H13N3O/c1-2-4-11(5-3-1)9-16-15-8-12-6-7-13-10-14-12/h1-7,10,15H,8-9H2. The second-order valence-electron chi connectivity index (χ2n) is 3.30. The fourth-order valence-corrected chi connectivity index (χ4v) is 1.26. The van der Waals surface area contributed by atoms with Crippen molar-refractivity contribution in [3.05, 3.63) is 60.2 Å². The predicted octanol–water partition coefficient (Wildman–Crippen LogP) is 1.70. The van der Waals surface area contributed by atoms with Gasteiger partial charge in [-0.05, 0) is 11.6 Å². The maximum Gasteiger partial charge on any atom is 0.115 e. The molecule has 1 heterocycles. The first kappa shape index (κ1) is 10.7. The van der Waals surface area contributed by atoms with Crippen LogP contribution in [0.3, 0.4) is 0 Å². The summed E-state index contributed by atoms with van der Waals surface area (Å²) in [4.78, 5) is 13.2. The van der Waals surface area contributed by atoms with Crippen LogP contribution >= 0.6 is 0 Å². The number of hydrogen-bond donors (Lipinski definition) is 1. The number of benzene rings is 1. The molecule has 1 aromatic heterocycles. The van der Waals surface area contributed by atoms with Gasteiger partial charge in [-0.15, -0.1) is 0 Å². The average Bonchev–Trinajstić information content (AvgIpc) is 2.37. The zero-order valence-electron chi connectivity index (χ0n) is 8.84. The van der Waals surface area contributed by atoms with E-state index in [0.29, 0.717) is 13.2 Å². The van der Waals surface area contributed by atoms with Crippen LogP contribution in [-0.4, -0.2) is 9.97 Å². The van der Waals surface area contributed by atoms with Gasteiger partial charge in [0.2, 0.25) is 0 Å². The Labute approximate surface area is 94.3 Å². The molecule has 2 aromatic rings. The van der Waals surface area contributed by atoms with Crippen LogP contribution < -0.4 is 5.48 Å². The molecule has 0 amide bonds. The molecule has 0 aliphatic rings. The normalized spacial score (nSPS) is 10.2. The van der Waals surface area contributed by atoms with E-state index in [1.54, 1.807) is 6.20 Å². The van der Waals surface area contributed by atoms with Gasteiger partial charge < -0.3 is 0 Å². The van der Waals surface area contributed by atoms with Crippen molar-refractivity contribution < 1.29 is 4.84 Å². The second kappa shape index (κ2) is 5.95. The van der Waals surface area contributed by atoms with E-state index in [-0.39, 0.29) is 0 Å². The minimum Gasteiger partial charge on any atom is -0.297 e. The summed E-state index contributed by atoms with van der Waals surface area (Å²) in [5, 5.41) is 0. The van der Waals surface area contributed by atoms with Gasteiger partial charge in [-0.3, -0.25) is 4.84 Å². The topological polar surface area (TPSA) is 47.0 Å². The van der Waals surface area contributed by atoms with Crippen molar-refractivity contribution in [1.29, 1.82) is 0 Å². The van der Waals surface area contributed by atoms with Crippen LogP contribution in [0.25, 0.3) is 0 Å². The number of hydroxylamine groups is 1. The number of aromatic nitrogens is 2. The van der Waals surface area contributed by atoms with Crippen molar-refractivity contribution in [2.24, 2.45) is 0 Å². The van der Waals surface area contributed by atoms with E-state index in [0.717, 1.165) is 11.3 Å². The summed E-state index contributed by atoms with van der Waals surface area (Å²) in [6, 6.07) is 11.8. The first-order valence-electron chi connectivity index (χ1n) is 5.08. The minimum absolute atomic E-state index is 0.548. The Balaban J connectivity index is 1.70. The lowest BCUT2D eigenvalue weighted by molar-refractivity contribution is 0.0228. The molecule has 0 aliphatic heterocycles. The molecule has 1 aromatic carbocycles.